The van der Waals surface area contributed by atoms with Crippen LogP contribution in [-0.4, -0.2) is 28.5 Å². The summed E-state index contributed by atoms with van der Waals surface area (Å²) in [5.41, 5.74) is -0.198. The lowest BCUT2D eigenvalue weighted by atomic mass is 10.1. The summed E-state index contributed by atoms with van der Waals surface area (Å²) >= 11 is 0. The van der Waals surface area contributed by atoms with Gasteiger partial charge in [-0.1, -0.05) is 27.2 Å². The van der Waals surface area contributed by atoms with Crippen molar-refractivity contribution in [1.29, 1.82) is 0 Å². The number of nitrogens with one attached hydrogen (secondary N) is 1. The molecule has 0 unspecified atom stereocenters. The van der Waals surface area contributed by atoms with Gasteiger partial charge in [0.15, 0.2) is 0 Å². The SMILES string of the molecule is CCCCNc1nc(CC(C)C)nc(OC)c1[N+](=O)[O-]. The van der Waals surface area contributed by atoms with Crippen LogP contribution in [0.25, 0.3) is 0 Å². The summed E-state index contributed by atoms with van der Waals surface area (Å²) < 4.78 is 5.04. The van der Waals surface area contributed by atoms with Crippen LogP contribution >= 0.6 is 0 Å². The van der Waals surface area contributed by atoms with Crippen molar-refractivity contribution < 1.29 is 9.66 Å². The fourth-order valence-corrected chi connectivity index (χ4v) is 1.75. The molecule has 0 aliphatic carbocycles. The van der Waals surface area contributed by atoms with E-state index in [-0.39, 0.29) is 17.4 Å². The van der Waals surface area contributed by atoms with Gasteiger partial charge in [0.1, 0.15) is 5.82 Å². The molecule has 7 nitrogen and oxygen atoms in total. The van der Waals surface area contributed by atoms with Gasteiger partial charge in [-0.3, -0.25) is 10.1 Å². The Morgan fingerprint density at radius 2 is 2.10 bits per heavy atom. The topological polar surface area (TPSA) is 90.2 Å². The zero-order valence-electron chi connectivity index (χ0n) is 12.5. The number of rotatable bonds is 8. The maximum Gasteiger partial charge on any atom is 0.372 e. The first-order valence-electron chi connectivity index (χ1n) is 6.82. The summed E-state index contributed by atoms with van der Waals surface area (Å²) in [5, 5.41) is 14.2. The van der Waals surface area contributed by atoms with E-state index in [4.69, 9.17) is 4.74 Å². The molecular formula is C13H22N4O3. The Bertz CT molecular complexity index is 463. The van der Waals surface area contributed by atoms with Crippen LogP contribution in [0.1, 0.15) is 39.4 Å². The Morgan fingerprint density at radius 1 is 1.40 bits per heavy atom. The van der Waals surface area contributed by atoms with Crippen LogP contribution < -0.4 is 10.1 Å². The van der Waals surface area contributed by atoms with Crippen molar-refractivity contribution in [3.63, 3.8) is 0 Å². The highest BCUT2D eigenvalue weighted by Crippen LogP contribution is 2.32. The molecule has 1 aromatic rings. The second-order valence-corrected chi connectivity index (χ2v) is 4.98. The third kappa shape index (κ3) is 4.32. The average molecular weight is 282 g/mol. The summed E-state index contributed by atoms with van der Waals surface area (Å²) in [6.07, 6.45) is 2.57. The quantitative estimate of drug-likeness (QED) is 0.448. The van der Waals surface area contributed by atoms with E-state index in [0.29, 0.717) is 24.7 Å². The molecule has 0 spiro atoms. The van der Waals surface area contributed by atoms with Crippen molar-refractivity contribution in [3.8, 4) is 5.88 Å². The lowest BCUT2D eigenvalue weighted by molar-refractivity contribution is -0.385. The number of hydrogen-bond acceptors (Lipinski definition) is 6. The van der Waals surface area contributed by atoms with Crippen molar-refractivity contribution in [2.45, 2.75) is 40.0 Å². The van der Waals surface area contributed by atoms with E-state index in [2.05, 4.69) is 22.2 Å². The maximum atomic E-state index is 11.2. The molecule has 1 aromatic heterocycles. The van der Waals surface area contributed by atoms with Crippen LogP contribution in [0.4, 0.5) is 11.5 Å². The molecule has 0 saturated heterocycles. The molecule has 1 rings (SSSR count). The Balaban J connectivity index is 3.15. The number of unbranched alkanes of at least 4 members (excludes halogenated alkanes) is 1. The summed E-state index contributed by atoms with van der Waals surface area (Å²) in [6.45, 7) is 6.78. The molecule has 112 valence electrons. The van der Waals surface area contributed by atoms with E-state index >= 15 is 0 Å². The van der Waals surface area contributed by atoms with Crippen molar-refractivity contribution in [2.75, 3.05) is 19.0 Å². The van der Waals surface area contributed by atoms with Gasteiger partial charge < -0.3 is 10.1 Å². The molecule has 0 fully saturated rings. The molecule has 1 N–H and O–H groups in total. The molecule has 0 aliphatic rings. The minimum atomic E-state index is -0.508. The maximum absolute atomic E-state index is 11.2. The number of nitro groups is 1. The minimum absolute atomic E-state index is 0.0136. The van der Waals surface area contributed by atoms with Gasteiger partial charge >= 0.3 is 5.69 Å². The number of hydrogen-bond donors (Lipinski definition) is 1. The molecule has 0 radical (unpaired) electrons. The van der Waals surface area contributed by atoms with E-state index in [1.165, 1.54) is 7.11 Å². The Hall–Kier alpha value is -1.92. The van der Waals surface area contributed by atoms with Gasteiger partial charge in [0, 0.05) is 13.0 Å². The molecule has 0 aromatic carbocycles. The lowest BCUT2D eigenvalue weighted by Gasteiger charge is -2.11. The summed E-state index contributed by atoms with van der Waals surface area (Å²) in [6, 6.07) is 0. The Labute approximate surface area is 118 Å². The van der Waals surface area contributed by atoms with E-state index in [0.717, 1.165) is 12.8 Å². The summed E-state index contributed by atoms with van der Waals surface area (Å²) in [4.78, 5) is 19.1. The predicted molar refractivity (Wildman–Crippen MR) is 77.2 cm³/mol. The molecule has 0 saturated carbocycles. The van der Waals surface area contributed by atoms with Crippen molar-refractivity contribution >= 4 is 11.5 Å². The van der Waals surface area contributed by atoms with Crippen molar-refractivity contribution in [1.82, 2.24) is 9.97 Å². The molecule has 0 atom stereocenters. The van der Waals surface area contributed by atoms with Gasteiger partial charge in [0.25, 0.3) is 5.88 Å². The van der Waals surface area contributed by atoms with E-state index < -0.39 is 4.92 Å². The van der Waals surface area contributed by atoms with Crippen LogP contribution in [0, 0.1) is 16.0 Å². The fraction of sp³-hybridized carbons (Fsp3) is 0.692. The number of ether oxygens (including phenoxy) is 1. The Morgan fingerprint density at radius 3 is 2.60 bits per heavy atom. The number of aromatic nitrogens is 2. The van der Waals surface area contributed by atoms with Gasteiger partial charge in [-0.25, -0.2) is 4.98 Å². The number of nitrogens with zero attached hydrogens (tertiary/aromatic N) is 3. The molecule has 1 heterocycles. The van der Waals surface area contributed by atoms with Crippen LogP contribution in [0.3, 0.4) is 0 Å². The van der Waals surface area contributed by atoms with Gasteiger partial charge in [-0.05, 0) is 12.3 Å². The van der Waals surface area contributed by atoms with E-state index in [1.807, 2.05) is 13.8 Å². The minimum Gasteiger partial charge on any atom is -0.476 e. The van der Waals surface area contributed by atoms with E-state index in [1.54, 1.807) is 0 Å². The second-order valence-electron chi connectivity index (χ2n) is 4.98. The largest absolute Gasteiger partial charge is 0.476 e. The third-order valence-electron chi connectivity index (χ3n) is 2.69. The summed E-state index contributed by atoms with van der Waals surface area (Å²) in [5.74, 6) is 1.18. The lowest BCUT2D eigenvalue weighted by Crippen LogP contribution is -2.12. The number of methoxy groups -OCH3 is 1. The second kappa shape index (κ2) is 7.62. The molecule has 20 heavy (non-hydrogen) atoms. The van der Waals surface area contributed by atoms with Crippen LogP contribution in [-0.2, 0) is 6.42 Å². The third-order valence-corrected chi connectivity index (χ3v) is 2.69. The molecule has 0 bridgehead atoms. The van der Waals surface area contributed by atoms with Gasteiger partial charge in [0.2, 0.25) is 5.82 Å². The highest BCUT2D eigenvalue weighted by Gasteiger charge is 2.25. The highest BCUT2D eigenvalue weighted by molar-refractivity contribution is 5.61. The highest BCUT2D eigenvalue weighted by atomic mass is 16.6. The van der Waals surface area contributed by atoms with Gasteiger partial charge in [0.05, 0.1) is 12.0 Å². The zero-order chi connectivity index (χ0) is 15.1. The van der Waals surface area contributed by atoms with Crippen molar-refractivity contribution in [3.05, 3.63) is 15.9 Å². The monoisotopic (exact) mass is 282 g/mol. The smallest absolute Gasteiger partial charge is 0.372 e. The van der Waals surface area contributed by atoms with E-state index in [9.17, 15) is 10.1 Å². The van der Waals surface area contributed by atoms with Crippen LogP contribution in [0.15, 0.2) is 0 Å². The first kappa shape index (κ1) is 16.1. The zero-order valence-corrected chi connectivity index (χ0v) is 12.5. The Kier molecular flexibility index (Phi) is 6.14. The van der Waals surface area contributed by atoms with Crippen molar-refractivity contribution in [2.24, 2.45) is 5.92 Å². The van der Waals surface area contributed by atoms with Crippen LogP contribution in [0.2, 0.25) is 0 Å². The molecule has 0 amide bonds. The van der Waals surface area contributed by atoms with Gasteiger partial charge in [-0.2, -0.15) is 4.98 Å². The molecule has 7 heteroatoms. The standard InChI is InChI=1S/C13H22N4O3/c1-5-6-7-14-12-11(17(18)19)13(20-4)16-10(15-12)8-9(2)3/h9H,5-8H2,1-4H3,(H,14,15,16). The molecule has 0 aliphatic heterocycles. The average Bonchev–Trinajstić information content (AvgIpc) is 2.37. The molecular weight excluding hydrogens is 260 g/mol. The van der Waals surface area contributed by atoms with Gasteiger partial charge in [-0.15, -0.1) is 0 Å². The van der Waals surface area contributed by atoms with Crippen LogP contribution in [0.5, 0.6) is 5.88 Å². The predicted octanol–water partition coefficient (Wildman–Crippen LogP) is 2.80. The summed E-state index contributed by atoms with van der Waals surface area (Å²) in [7, 11) is 1.38. The first-order valence-corrected chi connectivity index (χ1v) is 6.82. The number of anilines is 1. The fourth-order valence-electron chi connectivity index (χ4n) is 1.75. The first-order chi connectivity index (χ1) is 9.49. The normalized spacial score (nSPS) is 10.7.